The summed E-state index contributed by atoms with van der Waals surface area (Å²) < 4.78 is 0. The molecule has 20 heavy (non-hydrogen) atoms. The Balaban J connectivity index is 2.67. The summed E-state index contributed by atoms with van der Waals surface area (Å²) in [6.07, 6.45) is 0.675. The zero-order valence-electron chi connectivity index (χ0n) is 11.4. The number of benzene rings is 1. The Labute approximate surface area is 117 Å². The van der Waals surface area contributed by atoms with Gasteiger partial charge in [-0.2, -0.15) is 0 Å². The van der Waals surface area contributed by atoms with Crippen molar-refractivity contribution in [1.29, 1.82) is 0 Å². The van der Waals surface area contributed by atoms with Gasteiger partial charge >= 0.3 is 5.97 Å². The molecule has 0 spiro atoms. The highest BCUT2D eigenvalue weighted by Gasteiger charge is 2.22. The molecule has 0 saturated heterocycles. The molecule has 2 atom stereocenters. The number of carbonyl (C=O) groups excluding carboxylic acids is 1. The minimum atomic E-state index is -1.09. The van der Waals surface area contributed by atoms with Gasteiger partial charge in [-0.25, -0.2) is 4.79 Å². The van der Waals surface area contributed by atoms with Crippen LogP contribution in [-0.4, -0.2) is 34.7 Å². The van der Waals surface area contributed by atoms with Gasteiger partial charge < -0.3 is 21.3 Å². The van der Waals surface area contributed by atoms with Crippen LogP contribution in [0.4, 0.5) is 0 Å². The normalized spacial score (nSPS) is 13.5. The Bertz CT molecular complexity index is 459. The van der Waals surface area contributed by atoms with Gasteiger partial charge in [0, 0.05) is 12.3 Å². The van der Waals surface area contributed by atoms with Gasteiger partial charge in [-0.15, -0.1) is 0 Å². The van der Waals surface area contributed by atoms with E-state index in [1.54, 1.807) is 19.1 Å². The Kier molecular flexibility index (Phi) is 5.99. The molecule has 5 N–H and O–H groups in total. The fourth-order valence-electron chi connectivity index (χ4n) is 1.76. The van der Waals surface area contributed by atoms with Crippen molar-refractivity contribution in [1.82, 2.24) is 5.32 Å². The first-order chi connectivity index (χ1) is 9.43. The van der Waals surface area contributed by atoms with E-state index in [2.05, 4.69) is 5.32 Å². The minimum absolute atomic E-state index is 0.112. The third kappa shape index (κ3) is 4.89. The number of amides is 1. The van der Waals surface area contributed by atoms with E-state index in [0.29, 0.717) is 13.0 Å². The molecule has 0 aromatic heterocycles. The standard InChI is InChI=1S/C14H20N2O4/c1-9(6-7-15)13(18)16-12(14(19)20)8-10-2-4-11(17)5-3-10/h2-5,9,12,17H,6-8,15H2,1H3,(H,16,18)(H,19,20)/t9?,12-/m1/s1. The highest BCUT2D eigenvalue weighted by atomic mass is 16.4. The summed E-state index contributed by atoms with van der Waals surface area (Å²) in [6.45, 7) is 2.09. The van der Waals surface area contributed by atoms with Gasteiger partial charge in [0.1, 0.15) is 11.8 Å². The smallest absolute Gasteiger partial charge is 0.326 e. The number of carboxylic acid groups (broad SMARTS) is 1. The van der Waals surface area contributed by atoms with Crippen molar-refractivity contribution in [3.8, 4) is 5.75 Å². The molecule has 0 bridgehead atoms. The van der Waals surface area contributed by atoms with Gasteiger partial charge in [-0.3, -0.25) is 4.79 Å². The second-order valence-electron chi connectivity index (χ2n) is 4.75. The average molecular weight is 280 g/mol. The molecular weight excluding hydrogens is 260 g/mol. The van der Waals surface area contributed by atoms with Crippen LogP contribution in [0.5, 0.6) is 5.75 Å². The van der Waals surface area contributed by atoms with Gasteiger partial charge in [0.2, 0.25) is 5.91 Å². The monoisotopic (exact) mass is 280 g/mol. The van der Waals surface area contributed by atoms with Crippen LogP contribution in [0, 0.1) is 5.92 Å². The van der Waals surface area contributed by atoms with Crippen LogP contribution in [0.15, 0.2) is 24.3 Å². The summed E-state index contributed by atoms with van der Waals surface area (Å²) >= 11 is 0. The highest BCUT2D eigenvalue weighted by Crippen LogP contribution is 2.12. The largest absolute Gasteiger partial charge is 0.508 e. The predicted molar refractivity (Wildman–Crippen MR) is 74.2 cm³/mol. The third-order valence-electron chi connectivity index (χ3n) is 3.04. The number of carbonyl (C=O) groups is 2. The lowest BCUT2D eigenvalue weighted by atomic mass is 10.0. The molecule has 0 saturated carbocycles. The van der Waals surface area contributed by atoms with Crippen molar-refractivity contribution >= 4 is 11.9 Å². The lowest BCUT2D eigenvalue weighted by Gasteiger charge is -2.17. The summed E-state index contributed by atoms with van der Waals surface area (Å²) in [5.74, 6) is -1.61. The van der Waals surface area contributed by atoms with Gasteiger partial charge in [0.15, 0.2) is 0 Å². The van der Waals surface area contributed by atoms with Crippen LogP contribution >= 0.6 is 0 Å². The van der Waals surface area contributed by atoms with E-state index in [0.717, 1.165) is 5.56 Å². The number of carboxylic acids is 1. The number of aliphatic carboxylic acids is 1. The van der Waals surface area contributed by atoms with Crippen molar-refractivity contribution < 1.29 is 19.8 Å². The molecule has 1 amide bonds. The minimum Gasteiger partial charge on any atom is -0.508 e. The summed E-state index contributed by atoms with van der Waals surface area (Å²) in [7, 11) is 0. The molecule has 1 aromatic rings. The Morgan fingerprint density at radius 3 is 2.40 bits per heavy atom. The number of nitrogens with two attached hydrogens (primary N) is 1. The average Bonchev–Trinajstić information content (AvgIpc) is 2.40. The van der Waals surface area contributed by atoms with Crippen LogP contribution in [0.1, 0.15) is 18.9 Å². The van der Waals surface area contributed by atoms with E-state index in [-0.39, 0.29) is 24.0 Å². The molecule has 1 aromatic carbocycles. The van der Waals surface area contributed by atoms with Crippen LogP contribution in [0.2, 0.25) is 0 Å². The number of nitrogens with one attached hydrogen (secondary N) is 1. The summed E-state index contributed by atoms with van der Waals surface area (Å²) in [5.41, 5.74) is 6.10. The van der Waals surface area contributed by atoms with Gasteiger partial charge in [-0.05, 0) is 30.7 Å². The second kappa shape index (κ2) is 7.49. The Morgan fingerprint density at radius 2 is 1.90 bits per heavy atom. The van der Waals surface area contributed by atoms with E-state index < -0.39 is 12.0 Å². The number of hydrogen-bond acceptors (Lipinski definition) is 4. The van der Waals surface area contributed by atoms with Crippen LogP contribution < -0.4 is 11.1 Å². The zero-order valence-corrected chi connectivity index (χ0v) is 11.4. The molecule has 6 nitrogen and oxygen atoms in total. The van der Waals surface area contributed by atoms with Gasteiger partial charge in [-0.1, -0.05) is 19.1 Å². The Hall–Kier alpha value is -2.08. The van der Waals surface area contributed by atoms with Crippen LogP contribution in [0.25, 0.3) is 0 Å². The highest BCUT2D eigenvalue weighted by molar-refractivity contribution is 5.84. The zero-order chi connectivity index (χ0) is 15.1. The molecule has 110 valence electrons. The quantitative estimate of drug-likeness (QED) is 0.580. The number of phenolic OH excluding ortho intramolecular Hbond substituents is 1. The molecular formula is C14H20N2O4. The van der Waals surface area contributed by atoms with E-state index in [4.69, 9.17) is 10.8 Å². The van der Waals surface area contributed by atoms with Crippen molar-refractivity contribution in [2.24, 2.45) is 11.7 Å². The fourth-order valence-corrected chi connectivity index (χ4v) is 1.76. The summed E-state index contributed by atoms with van der Waals surface area (Å²) in [5, 5.41) is 20.8. The molecule has 0 aliphatic carbocycles. The van der Waals surface area contributed by atoms with Crippen molar-refractivity contribution in [2.75, 3.05) is 6.54 Å². The van der Waals surface area contributed by atoms with Crippen molar-refractivity contribution in [3.63, 3.8) is 0 Å². The fraction of sp³-hybridized carbons (Fsp3) is 0.429. The lowest BCUT2D eigenvalue weighted by molar-refractivity contribution is -0.142. The number of rotatable bonds is 7. The van der Waals surface area contributed by atoms with Gasteiger partial charge in [0.25, 0.3) is 0 Å². The molecule has 0 fully saturated rings. The summed E-state index contributed by atoms with van der Waals surface area (Å²) in [4.78, 5) is 23.0. The topological polar surface area (TPSA) is 113 Å². The molecule has 1 rings (SSSR count). The van der Waals surface area contributed by atoms with Gasteiger partial charge in [0.05, 0.1) is 0 Å². The third-order valence-corrected chi connectivity index (χ3v) is 3.04. The maximum Gasteiger partial charge on any atom is 0.326 e. The SMILES string of the molecule is CC(CCN)C(=O)N[C@H](Cc1ccc(O)cc1)C(=O)O. The first-order valence-corrected chi connectivity index (χ1v) is 6.45. The maximum absolute atomic E-state index is 11.8. The first-order valence-electron chi connectivity index (χ1n) is 6.45. The van der Waals surface area contributed by atoms with E-state index >= 15 is 0 Å². The maximum atomic E-state index is 11.8. The van der Waals surface area contributed by atoms with E-state index in [1.807, 2.05) is 0 Å². The lowest BCUT2D eigenvalue weighted by Crippen LogP contribution is -2.44. The Morgan fingerprint density at radius 1 is 1.30 bits per heavy atom. The van der Waals surface area contributed by atoms with Crippen molar-refractivity contribution in [3.05, 3.63) is 29.8 Å². The molecule has 1 unspecified atom stereocenters. The van der Waals surface area contributed by atoms with Crippen LogP contribution in [-0.2, 0) is 16.0 Å². The first kappa shape index (κ1) is 16.0. The van der Waals surface area contributed by atoms with Crippen molar-refractivity contribution in [2.45, 2.75) is 25.8 Å². The van der Waals surface area contributed by atoms with E-state index in [9.17, 15) is 14.7 Å². The van der Waals surface area contributed by atoms with Crippen LogP contribution in [0.3, 0.4) is 0 Å². The molecule has 0 aliphatic rings. The molecule has 0 aliphatic heterocycles. The predicted octanol–water partition coefficient (Wildman–Crippen LogP) is 0.489. The number of phenols is 1. The number of hydrogen-bond donors (Lipinski definition) is 4. The molecule has 0 heterocycles. The van der Waals surface area contributed by atoms with E-state index in [1.165, 1.54) is 12.1 Å². The number of aromatic hydroxyl groups is 1. The molecule has 0 radical (unpaired) electrons. The second-order valence-corrected chi connectivity index (χ2v) is 4.75. The molecule has 6 heteroatoms. The summed E-state index contributed by atoms with van der Waals surface area (Å²) in [6, 6.07) is 5.22.